The molecule has 2 heterocycles. The molecule has 0 fully saturated rings. The van der Waals surface area contributed by atoms with E-state index in [1.54, 1.807) is 12.1 Å². The van der Waals surface area contributed by atoms with Crippen LogP contribution in [0.1, 0.15) is 45.8 Å². The molecule has 0 aliphatic heterocycles. The van der Waals surface area contributed by atoms with Gasteiger partial charge < -0.3 is 15.6 Å². The number of pyridine rings is 1. The highest BCUT2D eigenvalue weighted by Crippen LogP contribution is 2.27. The minimum atomic E-state index is -0.160. The Kier molecular flexibility index (Phi) is 6.26. The first-order valence-corrected chi connectivity index (χ1v) is 10.6. The van der Waals surface area contributed by atoms with Gasteiger partial charge in [0.1, 0.15) is 5.69 Å². The molecule has 31 heavy (non-hydrogen) atoms. The van der Waals surface area contributed by atoms with Crippen molar-refractivity contribution >= 4 is 33.6 Å². The van der Waals surface area contributed by atoms with Crippen molar-refractivity contribution in [3.63, 3.8) is 0 Å². The van der Waals surface area contributed by atoms with Gasteiger partial charge in [-0.05, 0) is 50.5 Å². The molecule has 6 nitrogen and oxygen atoms in total. The van der Waals surface area contributed by atoms with Crippen molar-refractivity contribution in [3.8, 4) is 0 Å². The molecule has 0 saturated heterocycles. The summed E-state index contributed by atoms with van der Waals surface area (Å²) in [6.45, 7) is 3.12. The van der Waals surface area contributed by atoms with Crippen LogP contribution in [0.2, 0.25) is 0 Å². The molecule has 4 aromatic rings. The molecule has 0 atom stereocenters. The summed E-state index contributed by atoms with van der Waals surface area (Å²) in [4.78, 5) is 32.4. The van der Waals surface area contributed by atoms with Gasteiger partial charge in [-0.15, -0.1) is 0 Å². The van der Waals surface area contributed by atoms with E-state index in [1.165, 1.54) is 0 Å². The molecule has 0 spiro atoms. The molecule has 6 heteroatoms. The number of amides is 2. The summed E-state index contributed by atoms with van der Waals surface area (Å²) < 4.78 is 0. The maximum atomic E-state index is 12.6. The number of nitrogens with one attached hydrogen (secondary N) is 3. The third kappa shape index (κ3) is 4.74. The lowest BCUT2D eigenvalue weighted by Crippen LogP contribution is -2.26. The molecule has 0 saturated carbocycles. The Hall–Kier alpha value is -3.67. The van der Waals surface area contributed by atoms with Crippen LogP contribution >= 0.6 is 0 Å². The van der Waals surface area contributed by atoms with E-state index in [0.717, 1.165) is 46.8 Å². The van der Waals surface area contributed by atoms with Crippen LogP contribution < -0.4 is 10.6 Å². The predicted octanol–water partition coefficient (Wildman–Crippen LogP) is 4.35. The van der Waals surface area contributed by atoms with Gasteiger partial charge in [0.25, 0.3) is 11.8 Å². The quantitative estimate of drug-likeness (QED) is 0.375. The number of benzene rings is 2. The lowest BCUT2D eigenvalue weighted by Gasteiger charge is -2.07. The van der Waals surface area contributed by atoms with Gasteiger partial charge in [0.05, 0.1) is 11.2 Å². The van der Waals surface area contributed by atoms with Crippen LogP contribution in [0, 0.1) is 6.92 Å². The fraction of sp³-hybridized carbons (Fsp3) is 0.240. The summed E-state index contributed by atoms with van der Waals surface area (Å²) in [5.41, 5.74) is 3.93. The Labute approximate surface area is 181 Å². The van der Waals surface area contributed by atoms with Crippen molar-refractivity contribution in [2.24, 2.45) is 0 Å². The normalized spacial score (nSPS) is 11.0. The Morgan fingerprint density at radius 3 is 2.29 bits per heavy atom. The first-order chi connectivity index (χ1) is 15.1. The van der Waals surface area contributed by atoms with Crippen LogP contribution in [0.25, 0.3) is 21.8 Å². The zero-order valence-electron chi connectivity index (χ0n) is 17.6. The van der Waals surface area contributed by atoms with Crippen LogP contribution in [0.15, 0.2) is 60.7 Å². The highest BCUT2D eigenvalue weighted by atomic mass is 16.2. The molecule has 0 aliphatic carbocycles. The summed E-state index contributed by atoms with van der Waals surface area (Å²) >= 11 is 0. The number of aromatic nitrogens is 2. The van der Waals surface area contributed by atoms with Crippen molar-refractivity contribution in [2.75, 3.05) is 13.1 Å². The van der Waals surface area contributed by atoms with Gasteiger partial charge in [0.2, 0.25) is 0 Å². The molecule has 158 valence electrons. The second-order valence-electron chi connectivity index (χ2n) is 7.62. The summed E-state index contributed by atoms with van der Waals surface area (Å²) in [6, 6.07) is 19.1. The summed E-state index contributed by atoms with van der Waals surface area (Å²) in [7, 11) is 0. The van der Waals surface area contributed by atoms with Crippen LogP contribution in [0.3, 0.4) is 0 Å². The number of carbonyl (C=O) groups excluding carboxylic acids is 2. The molecule has 2 aromatic carbocycles. The highest BCUT2D eigenvalue weighted by molar-refractivity contribution is 6.10. The number of fused-ring (bicyclic) bond motifs is 3. The molecule has 4 rings (SSSR count). The van der Waals surface area contributed by atoms with Crippen molar-refractivity contribution in [2.45, 2.75) is 26.2 Å². The topological polar surface area (TPSA) is 86.9 Å². The SMILES string of the molecule is Cc1nc(C(=O)NCCCCCNC(=O)c2ccccc2)cc2c1[nH]c1ccccc12. The number of aromatic amines is 1. The lowest BCUT2D eigenvalue weighted by molar-refractivity contribution is 0.0944. The molecule has 0 bridgehead atoms. The molecule has 3 N–H and O–H groups in total. The second-order valence-corrected chi connectivity index (χ2v) is 7.62. The Morgan fingerprint density at radius 2 is 1.52 bits per heavy atom. The zero-order valence-corrected chi connectivity index (χ0v) is 17.6. The smallest absolute Gasteiger partial charge is 0.269 e. The maximum Gasteiger partial charge on any atom is 0.269 e. The number of H-pyrrole nitrogens is 1. The number of unbranched alkanes of at least 4 members (excludes halogenated alkanes) is 2. The number of hydrogen-bond donors (Lipinski definition) is 3. The third-order valence-electron chi connectivity index (χ3n) is 5.37. The van der Waals surface area contributed by atoms with Gasteiger partial charge in [0.15, 0.2) is 0 Å². The maximum absolute atomic E-state index is 12.6. The monoisotopic (exact) mass is 414 g/mol. The van der Waals surface area contributed by atoms with E-state index >= 15 is 0 Å². The number of rotatable bonds is 8. The summed E-state index contributed by atoms with van der Waals surface area (Å²) in [5, 5.41) is 7.99. The van der Waals surface area contributed by atoms with Crippen molar-refractivity contribution in [1.29, 1.82) is 0 Å². The number of carbonyl (C=O) groups is 2. The van der Waals surface area contributed by atoms with Gasteiger partial charge in [-0.2, -0.15) is 0 Å². The molecular formula is C25H26N4O2. The van der Waals surface area contributed by atoms with Crippen LogP contribution in [-0.4, -0.2) is 34.9 Å². The number of para-hydroxylation sites is 1. The van der Waals surface area contributed by atoms with Crippen LogP contribution in [0.4, 0.5) is 0 Å². The Bertz CT molecular complexity index is 1210. The minimum absolute atomic E-state index is 0.0528. The highest BCUT2D eigenvalue weighted by Gasteiger charge is 2.13. The van der Waals surface area contributed by atoms with Gasteiger partial charge in [0, 0.05) is 34.9 Å². The summed E-state index contributed by atoms with van der Waals surface area (Å²) in [5.74, 6) is -0.212. The van der Waals surface area contributed by atoms with E-state index in [9.17, 15) is 9.59 Å². The van der Waals surface area contributed by atoms with E-state index in [4.69, 9.17) is 0 Å². The molecule has 0 radical (unpaired) electrons. The molecule has 2 amide bonds. The first kappa shape index (κ1) is 20.6. The predicted molar refractivity (Wildman–Crippen MR) is 123 cm³/mol. The fourth-order valence-corrected chi connectivity index (χ4v) is 3.73. The van der Waals surface area contributed by atoms with Gasteiger partial charge in [-0.25, -0.2) is 4.98 Å². The number of aryl methyl sites for hydroxylation is 1. The van der Waals surface area contributed by atoms with Gasteiger partial charge in [-0.3, -0.25) is 9.59 Å². The van der Waals surface area contributed by atoms with Crippen LogP contribution in [-0.2, 0) is 0 Å². The Balaban J connectivity index is 1.24. The lowest BCUT2D eigenvalue weighted by atomic mass is 10.1. The van der Waals surface area contributed by atoms with E-state index in [2.05, 4.69) is 20.6 Å². The second kappa shape index (κ2) is 9.43. The van der Waals surface area contributed by atoms with Gasteiger partial charge in [-0.1, -0.05) is 36.4 Å². The zero-order chi connectivity index (χ0) is 21.6. The third-order valence-corrected chi connectivity index (χ3v) is 5.37. The molecular weight excluding hydrogens is 388 g/mol. The standard InChI is InChI=1S/C25H26N4O2/c1-17-23-20(19-12-6-7-13-21(19)29-23)16-22(28-17)25(31)27-15-9-3-8-14-26-24(30)18-10-4-2-5-11-18/h2,4-7,10-13,16,29H,3,8-9,14-15H2,1H3,(H,26,30)(H,27,31). The average Bonchev–Trinajstić information content (AvgIpc) is 3.18. The van der Waals surface area contributed by atoms with Crippen molar-refractivity contribution in [1.82, 2.24) is 20.6 Å². The van der Waals surface area contributed by atoms with Crippen LogP contribution in [0.5, 0.6) is 0 Å². The number of nitrogens with zero attached hydrogens (tertiary/aromatic N) is 1. The van der Waals surface area contributed by atoms with E-state index in [-0.39, 0.29) is 11.8 Å². The van der Waals surface area contributed by atoms with Crippen molar-refractivity contribution in [3.05, 3.63) is 77.6 Å². The van der Waals surface area contributed by atoms with E-state index < -0.39 is 0 Å². The molecule has 2 aromatic heterocycles. The van der Waals surface area contributed by atoms with E-state index in [1.807, 2.05) is 55.5 Å². The first-order valence-electron chi connectivity index (χ1n) is 10.6. The molecule has 0 aliphatic rings. The molecule has 0 unspecified atom stereocenters. The largest absolute Gasteiger partial charge is 0.353 e. The van der Waals surface area contributed by atoms with Crippen molar-refractivity contribution < 1.29 is 9.59 Å². The number of hydrogen-bond acceptors (Lipinski definition) is 3. The van der Waals surface area contributed by atoms with Gasteiger partial charge >= 0.3 is 0 Å². The minimum Gasteiger partial charge on any atom is -0.353 e. The average molecular weight is 415 g/mol. The fourth-order valence-electron chi connectivity index (χ4n) is 3.73. The Morgan fingerprint density at radius 1 is 0.839 bits per heavy atom. The van der Waals surface area contributed by atoms with E-state index in [0.29, 0.717) is 24.3 Å². The summed E-state index contributed by atoms with van der Waals surface area (Å²) in [6.07, 6.45) is 2.64.